The Balaban J connectivity index is 1.67. The largest absolute Gasteiger partial charge is 0.367 e. The van der Waals surface area contributed by atoms with Crippen LogP contribution in [0.25, 0.3) is 0 Å². The molecular weight excluding hydrogens is 438 g/mol. The maximum absolute atomic E-state index is 7.67. The lowest BCUT2D eigenvalue weighted by molar-refractivity contribution is -0.111. The van der Waals surface area contributed by atoms with Gasteiger partial charge in [-0.1, -0.05) is 120 Å². The molecule has 2 aromatic carbocycles. The van der Waals surface area contributed by atoms with Crippen molar-refractivity contribution in [3.63, 3.8) is 0 Å². The van der Waals surface area contributed by atoms with Crippen molar-refractivity contribution in [2.75, 3.05) is 11.9 Å². The van der Waals surface area contributed by atoms with Gasteiger partial charge in [0.15, 0.2) is 0 Å². The van der Waals surface area contributed by atoms with E-state index in [4.69, 9.17) is 4.74 Å². The number of nitrogens with zero attached hydrogens (tertiary/aromatic N) is 1. The molecule has 5 unspecified atom stereocenters. The van der Waals surface area contributed by atoms with Gasteiger partial charge in [-0.05, 0) is 39.2 Å². The van der Waals surface area contributed by atoms with E-state index in [1.165, 1.54) is 33.5 Å². The number of anilines is 1. The standard InChI is InChI=1S/C34H39NO/c1-32(2,3)22-20-24-23-14-8-9-15-25(23)34(36-31(24)28(21-22)33(4,5)6)26-16-10-12-18-29(26)35(7)30-19-13-11-17-27(30)34/h8-21,24,26,29,31H,1-7H3. The first-order valence-electron chi connectivity index (χ1n) is 13.4. The van der Waals surface area contributed by atoms with Crippen LogP contribution >= 0.6 is 0 Å². The van der Waals surface area contributed by atoms with Crippen LogP contribution in [-0.4, -0.2) is 19.2 Å². The Morgan fingerprint density at radius 2 is 1.47 bits per heavy atom. The molecule has 2 heterocycles. The molecule has 0 bridgehead atoms. The highest BCUT2D eigenvalue weighted by Gasteiger charge is 2.58. The molecule has 2 aliphatic carbocycles. The van der Waals surface area contributed by atoms with Gasteiger partial charge < -0.3 is 9.64 Å². The Labute approximate surface area is 217 Å². The highest BCUT2D eigenvalue weighted by molar-refractivity contribution is 5.67. The lowest BCUT2D eigenvalue weighted by Crippen LogP contribution is -2.58. The number of benzene rings is 2. The predicted octanol–water partition coefficient (Wildman–Crippen LogP) is 7.93. The minimum Gasteiger partial charge on any atom is -0.367 e. The van der Waals surface area contributed by atoms with E-state index in [0.717, 1.165) is 0 Å². The van der Waals surface area contributed by atoms with Gasteiger partial charge in [0, 0.05) is 30.1 Å². The lowest BCUT2D eigenvalue weighted by Gasteiger charge is -2.57. The van der Waals surface area contributed by atoms with Gasteiger partial charge in [0.05, 0.1) is 12.1 Å². The fourth-order valence-electron chi connectivity index (χ4n) is 6.90. The van der Waals surface area contributed by atoms with Crippen LogP contribution in [0.2, 0.25) is 0 Å². The highest BCUT2D eigenvalue weighted by Crippen LogP contribution is 2.60. The summed E-state index contributed by atoms with van der Waals surface area (Å²) in [6.07, 6.45) is 14.1. The zero-order valence-electron chi connectivity index (χ0n) is 22.7. The van der Waals surface area contributed by atoms with E-state index in [1.807, 2.05) is 0 Å². The molecule has 0 amide bonds. The van der Waals surface area contributed by atoms with Gasteiger partial charge >= 0.3 is 0 Å². The van der Waals surface area contributed by atoms with Crippen LogP contribution in [0, 0.1) is 16.7 Å². The molecule has 6 rings (SSSR count). The fraction of sp³-hybridized carbons (Fsp3) is 0.412. The van der Waals surface area contributed by atoms with Crippen LogP contribution in [0.1, 0.15) is 64.2 Å². The summed E-state index contributed by atoms with van der Waals surface area (Å²) in [5, 5.41) is 0. The molecule has 2 heteroatoms. The van der Waals surface area contributed by atoms with E-state index in [0.29, 0.717) is 0 Å². The second-order valence-corrected chi connectivity index (χ2v) is 13.0. The number of hydrogen-bond donors (Lipinski definition) is 0. The van der Waals surface area contributed by atoms with Crippen LogP contribution in [0.3, 0.4) is 0 Å². The molecule has 36 heavy (non-hydrogen) atoms. The van der Waals surface area contributed by atoms with Gasteiger partial charge in [-0.15, -0.1) is 0 Å². The molecule has 0 radical (unpaired) electrons. The smallest absolute Gasteiger partial charge is 0.130 e. The summed E-state index contributed by atoms with van der Waals surface area (Å²) in [6.45, 7) is 14.0. The van der Waals surface area contributed by atoms with Gasteiger partial charge in [-0.25, -0.2) is 0 Å². The van der Waals surface area contributed by atoms with Crippen molar-refractivity contribution in [1.82, 2.24) is 0 Å². The molecule has 0 saturated carbocycles. The molecule has 2 nitrogen and oxygen atoms in total. The van der Waals surface area contributed by atoms with E-state index in [1.54, 1.807) is 0 Å². The Morgan fingerprint density at radius 1 is 0.806 bits per heavy atom. The first kappa shape index (κ1) is 23.6. The molecule has 1 spiro atoms. The molecule has 5 atom stereocenters. The molecule has 0 aromatic heterocycles. The fourth-order valence-corrected chi connectivity index (χ4v) is 6.90. The third-order valence-electron chi connectivity index (χ3n) is 8.77. The van der Waals surface area contributed by atoms with Crippen molar-refractivity contribution in [2.45, 2.75) is 65.2 Å². The highest BCUT2D eigenvalue weighted by atomic mass is 16.5. The average molecular weight is 478 g/mol. The van der Waals surface area contributed by atoms with Crippen LogP contribution in [0.4, 0.5) is 5.69 Å². The lowest BCUT2D eigenvalue weighted by atomic mass is 9.61. The number of ether oxygens (including phenoxy) is 1. The van der Waals surface area contributed by atoms with Gasteiger partial charge in [-0.2, -0.15) is 0 Å². The third kappa shape index (κ3) is 3.27. The van der Waals surface area contributed by atoms with Crippen molar-refractivity contribution >= 4 is 5.69 Å². The summed E-state index contributed by atoms with van der Waals surface area (Å²) in [5.41, 5.74) is 7.59. The average Bonchev–Trinajstić information content (AvgIpc) is 2.85. The van der Waals surface area contributed by atoms with Gasteiger partial charge in [0.1, 0.15) is 5.60 Å². The number of hydrogen-bond acceptors (Lipinski definition) is 2. The number of para-hydroxylation sites is 1. The Hall–Kier alpha value is -2.84. The zero-order chi connectivity index (χ0) is 25.5. The van der Waals surface area contributed by atoms with Crippen molar-refractivity contribution in [2.24, 2.45) is 16.7 Å². The number of rotatable bonds is 0. The zero-order valence-corrected chi connectivity index (χ0v) is 22.7. The van der Waals surface area contributed by atoms with Crippen LogP contribution in [-0.2, 0) is 10.3 Å². The van der Waals surface area contributed by atoms with E-state index >= 15 is 0 Å². The Bertz CT molecular complexity index is 1330. The SMILES string of the molecule is CN1c2ccccc2C2(OC3C(C(C)(C)C)=CC(C(C)(C)C)=CC3c3ccccc32)C2C=CC=CC21. The van der Waals surface area contributed by atoms with E-state index < -0.39 is 5.60 Å². The molecule has 2 aromatic rings. The van der Waals surface area contributed by atoms with E-state index in [2.05, 4.69) is 138 Å². The molecule has 0 saturated heterocycles. The molecule has 2 aliphatic heterocycles. The second kappa shape index (κ2) is 7.83. The normalized spacial score (nSPS) is 30.7. The van der Waals surface area contributed by atoms with Gasteiger partial charge in [0.25, 0.3) is 0 Å². The maximum atomic E-state index is 7.67. The van der Waals surface area contributed by atoms with Gasteiger partial charge in [-0.3, -0.25) is 0 Å². The van der Waals surface area contributed by atoms with Crippen molar-refractivity contribution in [3.8, 4) is 0 Å². The molecule has 0 fully saturated rings. The quantitative estimate of drug-likeness (QED) is 0.382. The summed E-state index contributed by atoms with van der Waals surface area (Å²) >= 11 is 0. The van der Waals surface area contributed by atoms with Crippen LogP contribution in [0.15, 0.2) is 96.1 Å². The van der Waals surface area contributed by atoms with Crippen LogP contribution < -0.4 is 4.90 Å². The first-order valence-corrected chi connectivity index (χ1v) is 13.4. The minimum absolute atomic E-state index is 0.00612. The van der Waals surface area contributed by atoms with E-state index in [-0.39, 0.29) is 34.8 Å². The summed E-state index contributed by atoms with van der Waals surface area (Å²) in [6, 6.07) is 18.2. The summed E-state index contributed by atoms with van der Waals surface area (Å²) < 4.78 is 7.67. The summed E-state index contributed by atoms with van der Waals surface area (Å²) in [4.78, 5) is 2.43. The number of allylic oxidation sites excluding steroid dienone is 4. The Kier molecular flexibility index (Phi) is 5.12. The molecule has 4 aliphatic rings. The van der Waals surface area contributed by atoms with Gasteiger partial charge in [0.2, 0.25) is 0 Å². The summed E-state index contributed by atoms with van der Waals surface area (Å²) in [5.74, 6) is 0.382. The van der Waals surface area contributed by atoms with E-state index in [9.17, 15) is 0 Å². The number of fused-ring (bicyclic) bond motifs is 8. The monoisotopic (exact) mass is 477 g/mol. The molecule has 186 valence electrons. The minimum atomic E-state index is -0.551. The topological polar surface area (TPSA) is 12.5 Å². The molecular formula is C34H39NO. The van der Waals surface area contributed by atoms with Crippen molar-refractivity contribution < 1.29 is 4.74 Å². The van der Waals surface area contributed by atoms with Crippen molar-refractivity contribution in [3.05, 3.63) is 113 Å². The maximum Gasteiger partial charge on any atom is 0.130 e. The first-order chi connectivity index (χ1) is 17.0. The third-order valence-corrected chi connectivity index (χ3v) is 8.77. The summed E-state index contributed by atoms with van der Waals surface area (Å²) in [7, 11) is 2.23. The van der Waals surface area contributed by atoms with Crippen LogP contribution in [0.5, 0.6) is 0 Å². The molecule has 0 N–H and O–H groups in total. The number of likely N-dealkylation sites (N-methyl/N-ethyl adjacent to an activating group) is 1. The second-order valence-electron chi connectivity index (χ2n) is 13.0. The van der Waals surface area contributed by atoms with Crippen molar-refractivity contribution in [1.29, 1.82) is 0 Å². The predicted molar refractivity (Wildman–Crippen MR) is 150 cm³/mol. The Morgan fingerprint density at radius 3 is 2.19 bits per heavy atom.